The van der Waals surface area contributed by atoms with Crippen LogP contribution in [0.4, 0.5) is 8.78 Å². The minimum Gasteiger partial charge on any atom is -0.303 e. The summed E-state index contributed by atoms with van der Waals surface area (Å²) in [4.78, 5) is 10.4. The molecule has 0 amide bonds. The highest BCUT2D eigenvalue weighted by Crippen LogP contribution is 2.17. The first-order chi connectivity index (χ1) is 8.70. The van der Waals surface area contributed by atoms with Crippen LogP contribution in [0.3, 0.4) is 0 Å². The highest BCUT2D eigenvalue weighted by molar-refractivity contribution is 5.55. The van der Waals surface area contributed by atoms with Crippen LogP contribution in [-0.2, 0) is 17.6 Å². The summed E-state index contributed by atoms with van der Waals surface area (Å²) in [5.41, 5.74) is 1.69. The summed E-state index contributed by atoms with van der Waals surface area (Å²) in [5.74, 6) is -1.09. The maximum Gasteiger partial charge on any atom is 0.129 e. The number of aldehydes is 1. The van der Waals surface area contributed by atoms with Gasteiger partial charge in [-0.05, 0) is 23.3 Å². The highest BCUT2D eigenvalue weighted by atomic mass is 19.1. The smallest absolute Gasteiger partial charge is 0.129 e. The fraction of sp³-hybridized carbons (Fsp3) is 0.133. The number of benzene rings is 2. The molecule has 0 heterocycles. The number of carbonyl (C=O) groups excluding carboxylic acids is 1. The average molecular weight is 246 g/mol. The van der Waals surface area contributed by atoms with Crippen LogP contribution in [0, 0.1) is 11.6 Å². The van der Waals surface area contributed by atoms with E-state index in [1.54, 1.807) is 18.2 Å². The highest BCUT2D eigenvalue weighted by Gasteiger charge is 2.09. The van der Waals surface area contributed by atoms with Gasteiger partial charge in [-0.15, -0.1) is 0 Å². The summed E-state index contributed by atoms with van der Waals surface area (Å²) >= 11 is 0. The van der Waals surface area contributed by atoms with E-state index < -0.39 is 11.6 Å². The normalized spacial score (nSPS) is 10.3. The molecule has 0 atom stereocenters. The van der Waals surface area contributed by atoms with Gasteiger partial charge in [0.25, 0.3) is 0 Å². The summed E-state index contributed by atoms with van der Waals surface area (Å²) in [6.45, 7) is 0. The van der Waals surface area contributed by atoms with Crippen LogP contribution < -0.4 is 0 Å². The lowest BCUT2D eigenvalue weighted by molar-refractivity contribution is -0.107. The van der Waals surface area contributed by atoms with E-state index in [1.165, 1.54) is 18.2 Å². The van der Waals surface area contributed by atoms with Gasteiger partial charge in [0.1, 0.15) is 17.9 Å². The Kier molecular flexibility index (Phi) is 3.82. The second-order valence-electron chi connectivity index (χ2n) is 4.07. The van der Waals surface area contributed by atoms with Crippen molar-refractivity contribution in [1.29, 1.82) is 0 Å². The van der Waals surface area contributed by atoms with Gasteiger partial charge < -0.3 is 4.79 Å². The van der Waals surface area contributed by atoms with Gasteiger partial charge in [-0.25, -0.2) is 8.78 Å². The Morgan fingerprint density at radius 1 is 0.944 bits per heavy atom. The van der Waals surface area contributed by atoms with Crippen LogP contribution in [-0.4, -0.2) is 6.29 Å². The van der Waals surface area contributed by atoms with Gasteiger partial charge >= 0.3 is 0 Å². The predicted octanol–water partition coefficient (Wildman–Crippen LogP) is 3.30. The first kappa shape index (κ1) is 12.4. The molecule has 0 aliphatic heterocycles. The third-order valence-corrected chi connectivity index (χ3v) is 2.75. The van der Waals surface area contributed by atoms with Crippen molar-refractivity contribution < 1.29 is 13.6 Å². The monoisotopic (exact) mass is 246 g/mol. The zero-order valence-corrected chi connectivity index (χ0v) is 9.70. The number of carbonyl (C=O) groups is 1. The van der Waals surface area contributed by atoms with Gasteiger partial charge in [-0.2, -0.15) is 0 Å². The predicted molar refractivity (Wildman–Crippen MR) is 65.4 cm³/mol. The minimum absolute atomic E-state index is 0.0563. The Labute approximate surface area is 104 Å². The Morgan fingerprint density at radius 2 is 1.56 bits per heavy atom. The topological polar surface area (TPSA) is 17.1 Å². The quantitative estimate of drug-likeness (QED) is 0.756. The molecule has 0 spiro atoms. The molecule has 0 fully saturated rings. The SMILES string of the molecule is O=CCc1cccc(Cc2c(F)cccc2F)c1. The Hall–Kier alpha value is -2.03. The van der Waals surface area contributed by atoms with Crippen molar-refractivity contribution in [2.24, 2.45) is 0 Å². The second kappa shape index (κ2) is 5.54. The minimum atomic E-state index is -0.546. The third-order valence-electron chi connectivity index (χ3n) is 2.75. The van der Waals surface area contributed by atoms with Gasteiger partial charge in [-0.3, -0.25) is 0 Å². The molecule has 0 radical (unpaired) electrons. The summed E-state index contributed by atoms with van der Waals surface area (Å²) in [7, 11) is 0. The summed E-state index contributed by atoms with van der Waals surface area (Å²) < 4.78 is 27.0. The van der Waals surface area contributed by atoms with Crippen LogP contribution in [0.2, 0.25) is 0 Å². The maximum atomic E-state index is 13.5. The van der Waals surface area contributed by atoms with E-state index in [-0.39, 0.29) is 12.0 Å². The zero-order valence-electron chi connectivity index (χ0n) is 9.70. The molecule has 0 saturated carbocycles. The molecule has 0 aliphatic carbocycles. The number of halogens is 2. The van der Waals surface area contributed by atoms with E-state index >= 15 is 0 Å². The van der Waals surface area contributed by atoms with Crippen LogP contribution in [0.1, 0.15) is 16.7 Å². The van der Waals surface area contributed by atoms with Crippen LogP contribution >= 0.6 is 0 Å². The summed E-state index contributed by atoms with van der Waals surface area (Å²) in [5, 5.41) is 0. The molecular formula is C15H12F2O. The van der Waals surface area contributed by atoms with Gasteiger partial charge in [-0.1, -0.05) is 30.3 Å². The zero-order chi connectivity index (χ0) is 13.0. The first-order valence-electron chi connectivity index (χ1n) is 5.65. The summed E-state index contributed by atoms with van der Waals surface area (Å²) in [6, 6.07) is 11.0. The van der Waals surface area contributed by atoms with E-state index in [1.807, 2.05) is 6.07 Å². The van der Waals surface area contributed by atoms with E-state index in [0.29, 0.717) is 6.42 Å². The van der Waals surface area contributed by atoms with E-state index in [9.17, 15) is 13.6 Å². The first-order valence-corrected chi connectivity index (χ1v) is 5.65. The molecule has 18 heavy (non-hydrogen) atoms. The molecular weight excluding hydrogens is 234 g/mol. The van der Waals surface area contributed by atoms with Crippen LogP contribution in [0.5, 0.6) is 0 Å². The Bertz CT molecular complexity index is 544. The second-order valence-corrected chi connectivity index (χ2v) is 4.07. The van der Waals surface area contributed by atoms with Gasteiger partial charge in [0.15, 0.2) is 0 Å². The number of hydrogen-bond donors (Lipinski definition) is 0. The molecule has 0 N–H and O–H groups in total. The van der Waals surface area contributed by atoms with Gasteiger partial charge in [0.2, 0.25) is 0 Å². The average Bonchev–Trinajstić information content (AvgIpc) is 2.35. The third kappa shape index (κ3) is 2.80. The summed E-state index contributed by atoms with van der Waals surface area (Å²) in [6.07, 6.45) is 1.31. The molecule has 0 bridgehead atoms. The molecule has 3 heteroatoms. The van der Waals surface area contributed by atoms with Crippen molar-refractivity contribution in [2.75, 3.05) is 0 Å². The fourth-order valence-corrected chi connectivity index (χ4v) is 1.87. The number of hydrogen-bond acceptors (Lipinski definition) is 1. The van der Waals surface area contributed by atoms with Crippen molar-refractivity contribution >= 4 is 6.29 Å². The molecule has 2 rings (SSSR count). The van der Waals surface area contributed by atoms with Crippen LogP contribution in [0.15, 0.2) is 42.5 Å². The van der Waals surface area contributed by atoms with Gasteiger partial charge in [0.05, 0.1) is 0 Å². The fourth-order valence-electron chi connectivity index (χ4n) is 1.87. The standard InChI is InChI=1S/C15H12F2O/c16-14-5-2-6-15(17)13(14)10-12-4-1-3-11(9-12)7-8-18/h1-6,8-9H,7,10H2. The lowest BCUT2D eigenvalue weighted by Crippen LogP contribution is -1.98. The van der Waals surface area contributed by atoms with Crippen molar-refractivity contribution in [3.8, 4) is 0 Å². The Morgan fingerprint density at radius 3 is 2.22 bits per heavy atom. The maximum absolute atomic E-state index is 13.5. The molecule has 92 valence electrons. The lowest BCUT2D eigenvalue weighted by atomic mass is 10.0. The van der Waals surface area contributed by atoms with Gasteiger partial charge in [0, 0.05) is 18.4 Å². The number of rotatable bonds is 4. The van der Waals surface area contributed by atoms with Crippen LogP contribution in [0.25, 0.3) is 0 Å². The molecule has 2 aromatic carbocycles. The molecule has 0 unspecified atom stereocenters. The van der Waals surface area contributed by atoms with Crippen molar-refractivity contribution in [1.82, 2.24) is 0 Å². The molecule has 0 aromatic heterocycles. The van der Waals surface area contributed by atoms with Crippen molar-refractivity contribution in [3.05, 3.63) is 70.8 Å². The molecule has 0 aliphatic rings. The molecule has 1 nitrogen and oxygen atoms in total. The van der Waals surface area contributed by atoms with E-state index in [0.717, 1.165) is 17.4 Å². The van der Waals surface area contributed by atoms with E-state index in [2.05, 4.69) is 0 Å². The largest absolute Gasteiger partial charge is 0.303 e. The van der Waals surface area contributed by atoms with Crippen molar-refractivity contribution in [2.45, 2.75) is 12.8 Å². The van der Waals surface area contributed by atoms with E-state index in [4.69, 9.17) is 0 Å². The molecule has 2 aromatic rings. The molecule has 0 saturated heterocycles. The van der Waals surface area contributed by atoms with Crippen molar-refractivity contribution in [3.63, 3.8) is 0 Å². The Balaban J connectivity index is 2.28. The lowest BCUT2D eigenvalue weighted by Gasteiger charge is -2.06.